The van der Waals surface area contributed by atoms with Crippen molar-refractivity contribution in [2.24, 2.45) is 0 Å². The SMILES string of the molecule is CCc1ccc(NC(=O)N(CC(=O)Nc2c(-c3ccccc3)c(C)nn2-c2ccc(OC)cc2)C(C)C)cc1. The Hall–Kier alpha value is -4.59. The molecule has 3 aromatic carbocycles. The molecule has 4 rings (SSSR count). The fourth-order valence-corrected chi connectivity index (χ4v) is 4.34. The maximum absolute atomic E-state index is 13.5. The summed E-state index contributed by atoms with van der Waals surface area (Å²) in [5.74, 6) is 0.930. The number of carbonyl (C=O) groups is 2. The first-order chi connectivity index (χ1) is 18.8. The van der Waals surface area contributed by atoms with Gasteiger partial charge in [-0.3, -0.25) is 4.79 Å². The predicted molar refractivity (Wildman–Crippen MR) is 156 cm³/mol. The van der Waals surface area contributed by atoms with Crippen molar-refractivity contribution in [1.82, 2.24) is 14.7 Å². The lowest BCUT2D eigenvalue weighted by Gasteiger charge is -2.26. The first-order valence-corrected chi connectivity index (χ1v) is 13.1. The zero-order chi connectivity index (χ0) is 27.9. The van der Waals surface area contributed by atoms with Crippen LogP contribution in [0.4, 0.5) is 16.3 Å². The van der Waals surface area contributed by atoms with Crippen molar-refractivity contribution in [2.75, 3.05) is 24.3 Å². The molecule has 3 amide bonds. The summed E-state index contributed by atoms with van der Waals surface area (Å²) < 4.78 is 7.01. The summed E-state index contributed by atoms with van der Waals surface area (Å²) in [6, 6.07) is 24.4. The number of hydrogen-bond donors (Lipinski definition) is 2. The predicted octanol–water partition coefficient (Wildman–Crippen LogP) is 6.30. The Bertz CT molecular complexity index is 1410. The average molecular weight is 526 g/mol. The minimum Gasteiger partial charge on any atom is -0.497 e. The monoisotopic (exact) mass is 525 g/mol. The van der Waals surface area contributed by atoms with Gasteiger partial charge >= 0.3 is 6.03 Å². The fraction of sp³-hybridized carbons (Fsp3) is 0.258. The van der Waals surface area contributed by atoms with E-state index < -0.39 is 0 Å². The largest absolute Gasteiger partial charge is 0.497 e. The van der Waals surface area contributed by atoms with Crippen molar-refractivity contribution < 1.29 is 14.3 Å². The summed E-state index contributed by atoms with van der Waals surface area (Å²) in [6.45, 7) is 7.63. The van der Waals surface area contributed by atoms with Crippen LogP contribution in [0, 0.1) is 6.92 Å². The van der Waals surface area contributed by atoms with Crippen LogP contribution in [0.25, 0.3) is 16.8 Å². The van der Waals surface area contributed by atoms with E-state index in [1.54, 1.807) is 11.8 Å². The number of benzene rings is 3. The number of nitrogens with one attached hydrogen (secondary N) is 2. The summed E-state index contributed by atoms with van der Waals surface area (Å²) in [7, 11) is 1.61. The Morgan fingerprint density at radius 1 is 0.949 bits per heavy atom. The van der Waals surface area contributed by atoms with Gasteiger partial charge in [-0.05, 0) is 74.7 Å². The summed E-state index contributed by atoms with van der Waals surface area (Å²) >= 11 is 0. The second-order valence-electron chi connectivity index (χ2n) is 9.54. The van der Waals surface area contributed by atoms with E-state index in [1.165, 1.54) is 10.5 Å². The second kappa shape index (κ2) is 12.3. The molecule has 8 nitrogen and oxygen atoms in total. The number of aryl methyl sites for hydroxylation is 2. The molecule has 0 bridgehead atoms. The zero-order valence-electron chi connectivity index (χ0n) is 23.1. The lowest BCUT2D eigenvalue weighted by Crippen LogP contribution is -2.44. The second-order valence-corrected chi connectivity index (χ2v) is 9.54. The zero-order valence-corrected chi connectivity index (χ0v) is 23.1. The highest BCUT2D eigenvalue weighted by atomic mass is 16.5. The van der Waals surface area contributed by atoms with E-state index in [9.17, 15) is 9.59 Å². The molecule has 0 saturated carbocycles. The number of rotatable bonds is 9. The van der Waals surface area contributed by atoms with Crippen LogP contribution >= 0.6 is 0 Å². The lowest BCUT2D eigenvalue weighted by molar-refractivity contribution is -0.117. The van der Waals surface area contributed by atoms with Crippen LogP contribution in [0.15, 0.2) is 78.9 Å². The Kier molecular flexibility index (Phi) is 8.66. The van der Waals surface area contributed by atoms with E-state index in [0.717, 1.165) is 34.7 Å². The van der Waals surface area contributed by atoms with Crippen LogP contribution in [0.3, 0.4) is 0 Å². The maximum atomic E-state index is 13.5. The molecule has 4 aromatic rings. The smallest absolute Gasteiger partial charge is 0.322 e. The third-order valence-electron chi connectivity index (χ3n) is 6.51. The van der Waals surface area contributed by atoms with Gasteiger partial charge in [0.1, 0.15) is 18.1 Å². The van der Waals surface area contributed by atoms with E-state index in [1.807, 2.05) is 99.6 Å². The van der Waals surface area contributed by atoms with Crippen molar-refractivity contribution in [3.63, 3.8) is 0 Å². The quantitative estimate of drug-likeness (QED) is 0.268. The maximum Gasteiger partial charge on any atom is 0.322 e. The molecule has 0 unspecified atom stereocenters. The Morgan fingerprint density at radius 2 is 1.62 bits per heavy atom. The van der Waals surface area contributed by atoms with Crippen molar-refractivity contribution in [2.45, 2.75) is 40.2 Å². The minimum absolute atomic E-state index is 0.127. The first-order valence-electron chi connectivity index (χ1n) is 13.1. The molecule has 0 fully saturated rings. The van der Waals surface area contributed by atoms with Gasteiger partial charge in [-0.1, -0.05) is 49.4 Å². The third kappa shape index (κ3) is 6.46. The van der Waals surface area contributed by atoms with E-state index in [-0.39, 0.29) is 24.5 Å². The molecule has 0 aliphatic heterocycles. The topological polar surface area (TPSA) is 88.5 Å². The normalized spacial score (nSPS) is 10.8. The van der Waals surface area contributed by atoms with E-state index in [0.29, 0.717) is 11.5 Å². The molecular weight excluding hydrogens is 490 g/mol. The molecule has 2 N–H and O–H groups in total. The van der Waals surface area contributed by atoms with Crippen molar-refractivity contribution in [3.8, 4) is 22.6 Å². The molecule has 0 atom stereocenters. The highest BCUT2D eigenvalue weighted by molar-refractivity contribution is 5.99. The molecule has 8 heteroatoms. The summed E-state index contributed by atoms with van der Waals surface area (Å²) in [5.41, 5.74) is 5.15. The van der Waals surface area contributed by atoms with Crippen molar-refractivity contribution >= 4 is 23.4 Å². The number of hydrogen-bond acceptors (Lipinski definition) is 4. The van der Waals surface area contributed by atoms with Crippen LogP contribution < -0.4 is 15.4 Å². The molecular formula is C31H35N5O3. The molecule has 0 aliphatic rings. The molecule has 0 spiro atoms. The van der Waals surface area contributed by atoms with Crippen LogP contribution in [-0.2, 0) is 11.2 Å². The number of urea groups is 1. The molecule has 39 heavy (non-hydrogen) atoms. The Morgan fingerprint density at radius 3 is 2.21 bits per heavy atom. The highest BCUT2D eigenvalue weighted by Crippen LogP contribution is 2.33. The van der Waals surface area contributed by atoms with Crippen LogP contribution in [0.2, 0.25) is 0 Å². The lowest BCUT2D eigenvalue weighted by atomic mass is 10.1. The van der Waals surface area contributed by atoms with Crippen molar-refractivity contribution in [1.29, 1.82) is 0 Å². The number of aromatic nitrogens is 2. The summed E-state index contributed by atoms with van der Waals surface area (Å²) in [4.78, 5) is 28.1. The van der Waals surface area contributed by atoms with Crippen LogP contribution in [-0.4, -0.2) is 46.3 Å². The fourth-order valence-electron chi connectivity index (χ4n) is 4.34. The van der Waals surface area contributed by atoms with Crippen LogP contribution in [0.5, 0.6) is 5.75 Å². The number of amides is 3. The highest BCUT2D eigenvalue weighted by Gasteiger charge is 2.24. The van der Waals surface area contributed by atoms with Gasteiger partial charge in [0.2, 0.25) is 5.91 Å². The minimum atomic E-state index is -0.340. The number of anilines is 2. The van der Waals surface area contributed by atoms with Crippen molar-refractivity contribution in [3.05, 3.63) is 90.1 Å². The van der Waals surface area contributed by atoms with Crippen LogP contribution in [0.1, 0.15) is 32.0 Å². The number of nitrogens with zero attached hydrogens (tertiary/aromatic N) is 3. The Labute approximate surface area is 229 Å². The Balaban J connectivity index is 1.61. The van der Waals surface area contributed by atoms with Gasteiger partial charge in [0.25, 0.3) is 0 Å². The van der Waals surface area contributed by atoms with Gasteiger partial charge < -0.3 is 20.3 Å². The van der Waals surface area contributed by atoms with E-state index in [2.05, 4.69) is 17.6 Å². The third-order valence-corrected chi connectivity index (χ3v) is 6.51. The average Bonchev–Trinajstić information content (AvgIpc) is 3.27. The van der Waals surface area contributed by atoms with Gasteiger partial charge in [0.05, 0.1) is 18.5 Å². The van der Waals surface area contributed by atoms with E-state index >= 15 is 0 Å². The van der Waals surface area contributed by atoms with E-state index in [4.69, 9.17) is 9.84 Å². The number of ether oxygens (including phenoxy) is 1. The van der Waals surface area contributed by atoms with Gasteiger partial charge in [-0.25, -0.2) is 9.48 Å². The summed E-state index contributed by atoms with van der Waals surface area (Å²) in [5, 5.41) is 10.7. The molecule has 0 radical (unpaired) electrons. The summed E-state index contributed by atoms with van der Waals surface area (Å²) in [6.07, 6.45) is 0.921. The van der Waals surface area contributed by atoms with Gasteiger partial charge in [-0.2, -0.15) is 5.10 Å². The first kappa shape index (κ1) is 27.4. The molecule has 202 valence electrons. The van der Waals surface area contributed by atoms with Gasteiger partial charge in [-0.15, -0.1) is 0 Å². The molecule has 1 aromatic heterocycles. The molecule has 0 aliphatic carbocycles. The number of carbonyl (C=O) groups excluding carboxylic acids is 2. The van der Waals surface area contributed by atoms with Gasteiger partial charge in [0.15, 0.2) is 0 Å². The number of methoxy groups -OCH3 is 1. The molecule has 1 heterocycles. The van der Waals surface area contributed by atoms with Gasteiger partial charge in [0, 0.05) is 17.3 Å². The standard InChI is InChI=1S/C31H35N5O3/c1-6-23-12-14-25(15-13-23)32-31(38)35(21(2)3)20-28(37)33-30-29(24-10-8-7-9-11-24)22(4)34-36(30)26-16-18-27(39-5)19-17-26/h7-19,21H,6,20H2,1-5H3,(H,32,38)(H,33,37). The molecule has 0 saturated heterocycles.